The van der Waals surface area contributed by atoms with Gasteiger partial charge in [0.1, 0.15) is 5.69 Å². The molecule has 1 aromatic rings. The minimum Gasteiger partial charge on any atom is -0.334 e. The van der Waals surface area contributed by atoms with Crippen LogP contribution in [0.3, 0.4) is 0 Å². The topological polar surface area (TPSA) is 78.1 Å². The maximum absolute atomic E-state index is 12.5. The third-order valence-corrected chi connectivity index (χ3v) is 4.29. The lowest BCUT2D eigenvalue weighted by atomic mass is 9.93. The van der Waals surface area contributed by atoms with Crippen LogP contribution in [-0.2, 0) is 0 Å². The Bertz CT molecular complexity index is 521. The first-order chi connectivity index (χ1) is 9.20. The number of rotatable bonds is 2. The van der Waals surface area contributed by atoms with Crippen molar-refractivity contribution in [1.82, 2.24) is 20.2 Å². The maximum atomic E-state index is 12.5. The van der Waals surface area contributed by atoms with E-state index >= 15 is 0 Å². The minimum absolute atomic E-state index is 0.0718. The summed E-state index contributed by atoms with van der Waals surface area (Å²) in [4.78, 5) is 31.8. The fraction of sp³-hybridized carbons (Fsp3) is 0.615. The van der Waals surface area contributed by atoms with Gasteiger partial charge in [0.05, 0.1) is 6.20 Å². The average molecular weight is 262 g/mol. The third kappa shape index (κ3) is 2.06. The number of nitrogens with one attached hydrogen (secondary N) is 2. The van der Waals surface area contributed by atoms with Crippen molar-refractivity contribution in [3.05, 3.63) is 28.4 Å². The summed E-state index contributed by atoms with van der Waals surface area (Å²) in [5, 5.41) is 3.39. The van der Waals surface area contributed by atoms with Gasteiger partial charge in [0.2, 0.25) is 0 Å². The summed E-state index contributed by atoms with van der Waals surface area (Å²) in [5.74, 6) is 1.03. The van der Waals surface area contributed by atoms with Crippen molar-refractivity contribution >= 4 is 5.91 Å². The summed E-state index contributed by atoms with van der Waals surface area (Å²) in [7, 11) is 0. The van der Waals surface area contributed by atoms with Crippen molar-refractivity contribution in [2.75, 3.05) is 19.6 Å². The normalized spacial score (nSPS) is 29.5. The van der Waals surface area contributed by atoms with Crippen molar-refractivity contribution < 1.29 is 4.79 Å². The molecule has 0 spiro atoms. The van der Waals surface area contributed by atoms with Gasteiger partial charge < -0.3 is 15.2 Å². The average Bonchev–Trinajstić information content (AvgIpc) is 2.98. The Morgan fingerprint density at radius 1 is 1.53 bits per heavy atom. The van der Waals surface area contributed by atoms with Crippen molar-refractivity contribution in [3.8, 4) is 0 Å². The predicted octanol–water partition coefficient (Wildman–Crippen LogP) is -0.160. The fourth-order valence-electron chi connectivity index (χ4n) is 3.39. The van der Waals surface area contributed by atoms with Crippen molar-refractivity contribution in [1.29, 1.82) is 0 Å². The second-order valence-electron chi connectivity index (χ2n) is 5.31. The van der Waals surface area contributed by atoms with Crippen molar-refractivity contribution in [2.24, 2.45) is 11.8 Å². The summed E-state index contributed by atoms with van der Waals surface area (Å²) >= 11 is 0. The summed E-state index contributed by atoms with van der Waals surface area (Å²) in [5.41, 5.74) is 0.0389. The molecule has 0 bridgehead atoms. The van der Waals surface area contributed by atoms with Gasteiger partial charge in [-0.3, -0.25) is 9.59 Å². The van der Waals surface area contributed by atoms with Gasteiger partial charge in [0.25, 0.3) is 11.5 Å². The number of carbonyl (C=O) groups is 1. The number of hydrogen-bond donors (Lipinski definition) is 2. The van der Waals surface area contributed by atoms with E-state index in [-0.39, 0.29) is 17.5 Å². The van der Waals surface area contributed by atoms with E-state index in [2.05, 4.69) is 22.2 Å². The highest BCUT2D eigenvalue weighted by Crippen LogP contribution is 2.34. The number of carbonyl (C=O) groups excluding carboxylic acids is 1. The number of aromatic nitrogens is 2. The predicted molar refractivity (Wildman–Crippen MR) is 69.8 cm³/mol. The number of amides is 1. The zero-order chi connectivity index (χ0) is 13.4. The zero-order valence-corrected chi connectivity index (χ0v) is 10.9. The van der Waals surface area contributed by atoms with Crippen LogP contribution in [0.15, 0.2) is 17.2 Å². The number of H-pyrrole nitrogens is 1. The minimum atomic E-state index is -0.286. The number of fused-ring (bicyclic) bond motifs is 1. The summed E-state index contributed by atoms with van der Waals surface area (Å²) < 4.78 is 0. The van der Waals surface area contributed by atoms with Crippen LogP contribution in [0.25, 0.3) is 0 Å². The number of aromatic amines is 1. The van der Waals surface area contributed by atoms with Crippen LogP contribution in [-0.4, -0.2) is 46.5 Å². The second-order valence-corrected chi connectivity index (χ2v) is 5.31. The van der Waals surface area contributed by atoms with Gasteiger partial charge in [-0.05, 0) is 18.3 Å². The van der Waals surface area contributed by atoms with E-state index in [0.29, 0.717) is 17.5 Å². The molecule has 3 atom stereocenters. The summed E-state index contributed by atoms with van der Waals surface area (Å²) in [6.45, 7) is 4.89. The van der Waals surface area contributed by atoms with Gasteiger partial charge in [-0.1, -0.05) is 6.92 Å². The number of hydrogen-bond acceptors (Lipinski definition) is 4. The molecule has 0 saturated carbocycles. The van der Waals surface area contributed by atoms with Gasteiger partial charge in [-0.15, -0.1) is 0 Å². The first kappa shape index (κ1) is 12.3. The SMILES string of the molecule is CCC1C2CNCC2CN1C(=O)c1c[nH]c(=O)cn1. The molecule has 3 unspecified atom stereocenters. The molecule has 2 aliphatic rings. The largest absolute Gasteiger partial charge is 0.334 e. The lowest BCUT2D eigenvalue weighted by Gasteiger charge is -2.26. The Morgan fingerprint density at radius 3 is 3.05 bits per heavy atom. The first-order valence-electron chi connectivity index (χ1n) is 6.77. The Balaban J connectivity index is 1.83. The first-order valence-corrected chi connectivity index (χ1v) is 6.77. The second kappa shape index (κ2) is 4.77. The number of likely N-dealkylation sites (tertiary alicyclic amines) is 1. The number of nitrogens with zero attached hydrogens (tertiary/aromatic N) is 2. The van der Waals surface area contributed by atoms with Gasteiger partial charge in [-0.2, -0.15) is 0 Å². The Morgan fingerprint density at radius 2 is 2.37 bits per heavy atom. The van der Waals surface area contributed by atoms with Gasteiger partial charge >= 0.3 is 0 Å². The molecule has 0 radical (unpaired) electrons. The third-order valence-electron chi connectivity index (χ3n) is 4.29. The van der Waals surface area contributed by atoms with E-state index in [1.165, 1.54) is 6.20 Å². The summed E-state index contributed by atoms with van der Waals surface area (Å²) in [6, 6.07) is 0.279. The molecule has 3 heterocycles. The van der Waals surface area contributed by atoms with E-state index in [1.807, 2.05) is 4.90 Å². The molecule has 19 heavy (non-hydrogen) atoms. The van der Waals surface area contributed by atoms with Crippen LogP contribution in [0, 0.1) is 11.8 Å². The van der Waals surface area contributed by atoms with Crippen molar-refractivity contribution in [2.45, 2.75) is 19.4 Å². The summed E-state index contributed by atoms with van der Waals surface area (Å²) in [6.07, 6.45) is 3.52. The maximum Gasteiger partial charge on any atom is 0.274 e. The lowest BCUT2D eigenvalue weighted by Crippen LogP contribution is -2.40. The monoisotopic (exact) mass is 262 g/mol. The van der Waals surface area contributed by atoms with E-state index in [4.69, 9.17) is 0 Å². The molecular formula is C13H18N4O2. The quantitative estimate of drug-likeness (QED) is 0.776. The molecule has 1 aromatic heterocycles. The van der Waals surface area contributed by atoms with Gasteiger partial charge in [-0.25, -0.2) is 4.98 Å². The smallest absolute Gasteiger partial charge is 0.274 e. The van der Waals surface area contributed by atoms with Crippen LogP contribution >= 0.6 is 0 Å². The highest BCUT2D eigenvalue weighted by Gasteiger charge is 2.45. The van der Waals surface area contributed by atoms with Crippen LogP contribution in [0.5, 0.6) is 0 Å². The molecule has 2 fully saturated rings. The lowest BCUT2D eigenvalue weighted by molar-refractivity contribution is 0.0705. The molecule has 102 valence electrons. The Kier molecular flexibility index (Phi) is 3.10. The van der Waals surface area contributed by atoms with Crippen LogP contribution in [0.4, 0.5) is 0 Å². The molecule has 2 aliphatic heterocycles. The zero-order valence-electron chi connectivity index (χ0n) is 10.9. The molecule has 2 N–H and O–H groups in total. The molecule has 3 rings (SSSR count). The Labute approximate surface area is 111 Å². The van der Waals surface area contributed by atoms with E-state index in [1.54, 1.807) is 0 Å². The van der Waals surface area contributed by atoms with Crippen molar-refractivity contribution in [3.63, 3.8) is 0 Å². The van der Waals surface area contributed by atoms with Crippen LogP contribution < -0.4 is 10.9 Å². The Hall–Kier alpha value is -1.69. The highest BCUT2D eigenvalue weighted by atomic mass is 16.2. The standard InChI is InChI=1S/C13H18N4O2/c1-2-11-9-4-14-3-8(9)7-17(11)13(19)10-5-16-12(18)6-15-10/h5-6,8-9,11,14H,2-4,7H2,1H3,(H,16,18). The molecule has 6 nitrogen and oxygen atoms in total. The van der Waals surface area contributed by atoms with E-state index in [9.17, 15) is 9.59 Å². The van der Waals surface area contributed by atoms with Crippen LogP contribution in [0.2, 0.25) is 0 Å². The molecule has 1 amide bonds. The van der Waals surface area contributed by atoms with Crippen LogP contribution in [0.1, 0.15) is 23.8 Å². The highest BCUT2D eigenvalue weighted by molar-refractivity contribution is 5.92. The molecule has 6 heteroatoms. The fourth-order valence-corrected chi connectivity index (χ4v) is 3.39. The van der Waals surface area contributed by atoms with E-state index in [0.717, 1.165) is 32.3 Å². The molecule has 0 aromatic carbocycles. The molecule has 2 saturated heterocycles. The van der Waals surface area contributed by atoms with Gasteiger partial charge in [0, 0.05) is 31.9 Å². The molecule has 0 aliphatic carbocycles. The van der Waals surface area contributed by atoms with E-state index < -0.39 is 0 Å². The molecular weight excluding hydrogens is 244 g/mol. The van der Waals surface area contributed by atoms with Gasteiger partial charge in [0.15, 0.2) is 0 Å².